The average Bonchev–Trinajstić information content (AvgIpc) is 2.28. The first-order valence-electron chi connectivity index (χ1n) is 4.90. The van der Waals surface area contributed by atoms with Crippen molar-refractivity contribution in [2.75, 3.05) is 0 Å². The summed E-state index contributed by atoms with van der Waals surface area (Å²) in [6.07, 6.45) is 2.99. The molecule has 0 unspecified atom stereocenters. The minimum Gasteiger partial charge on any atom is -0.294 e. The highest BCUT2D eigenvalue weighted by Crippen LogP contribution is 2.16. The van der Waals surface area contributed by atoms with E-state index in [0.717, 1.165) is 0 Å². The first kappa shape index (κ1) is 11.9. The van der Waals surface area contributed by atoms with Crippen molar-refractivity contribution >= 4 is 21.7 Å². The monoisotopic (exact) mass is 294 g/mol. The Bertz CT molecular complexity index is 525. The van der Waals surface area contributed by atoms with Crippen LogP contribution in [0.3, 0.4) is 0 Å². The van der Waals surface area contributed by atoms with Crippen molar-refractivity contribution in [3.63, 3.8) is 0 Å². The predicted molar refractivity (Wildman–Crippen MR) is 64.2 cm³/mol. The third-order valence-corrected chi connectivity index (χ3v) is 2.65. The second kappa shape index (κ2) is 5.14. The highest BCUT2D eigenvalue weighted by Gasteiger charge is 2.08. The number of hydrogen-bond donors (Lipinski definition) is 0. The molecule has 0 fully saturated rings. The number of Topliss-reactive ketones (excluding diaryl/α,β-unsaturated/α-hetero) is 1. The highest BCUT2D eigenvalue weighted by molar-refractivity contribution is 9.10. The molecule has 17 heavy (non-hydrogen) atoms. The van der Waals surface area contributed by atoms with Gasteiger partial charge >= 0.3 is 0 Å². The summed E-state index contributed by atoms with van der Waals surface area (Å²) in [6, 6.07) is 6.00. The van der Waals surface area contributed by atoms with Gasteiger partial charge in [-0.25, -0.2) is 4.39 Å². The van der Waals surface area contributed by atoms with E-state index < -0.39 is 0 Å². The molecule has 3 nitrogen and oxygen atoms in total. The van der Waals surface area contributed by atoms with Crippen LogP contribution < -0.4 is 0 Å². The van der Waals surface area contributed by atoms with Gasteiger partial charge in [0.25, 0.3) is 0 Å². The molecular formula is C12H8BrFN2O. The molecule has 0 radical (unpaired) electrons. The van der Waals surface area contributed by atoms with E-state index in [2.05, 4.69) is 26.1 Å². The van der Waals surface area contributed by atoms with Crippen molar-refractivity contribution in [1.29, 1.82) is 0 Å². The quantitative estimate of drug-likeness (QED) is 0.818. The maximum absolute atomic E-state index is 13.1. The number of carbonyl (C=O) groups excluding carboxylic acids is 1. The second-order valence-corrected chi connectivity index (χ2v) is 4.42. The van der Waals surface area contributed by atoms with Gasteiger partial charge in [-0.15, -0.1) is 0 Å². The van der Waals surface area contributed by atoms with Gasteiger partial charge in [0.15, 0.2) is 5.78 Å². The summed E-state index contributed by atoms with van der Waals surface area (Å²) >= 11 is 3.19. The number of hydrogen-bond acceptors (Lipinski definition) is 3. The van der Waals surface area contributed by atoms with Gasteiger partial charge in [0, 0.05) is 16.5 Å². The molecule has 0 atom stereocenters. The van der Waals surface area contributed by atoms with E-state index in [9.17, 15) is 9.18 Å². The molecule has 0 spiro atoms. The number of rotatable bonds is 3. The standard InChI is InChI=1S/C12H8BrFN2O/c13-10-3-8(4-11(14)6-10)5-12(17)9-1-2-15-16-7-9/h1-4,6-7H,5H2. The molecule has 0 aliphatic carbocycles. The summed E-state index contributed by atoms with van der Waals surface area (Å²) in [5, 5.41) is 7.22. The lowest BCUT2D eigenvalue weighted by Crippen LogP contribution is -2.04. The Kier molecular flexibility index (Phi) is 3.58. The number of benzene rings is 1. The smallest absolute Gasteiger partial charge is 0.168 e. The van der Waals surface area contributed by atoms with Crippen LogP contribution in [0.1, 0.15) is 15.9 Å². The Morgan fingerprint density at radius 2 is 2.12 bits per heavy atom. The van der Waals surface area contributed by atoms with Gasteiger partial charge in [0.2, 0.25) is 0 Å². The predicted octanol–water partition coefficient (Wildman–Crippen LogP) is 2.80. The summed E-state index contributed by atoms with van der Waals surface area (Å²) in [6.45, 7) is 0. The Morgan fingerprint density at radius 1 is 1.29 bits per heavy atom. The molecule has 0 N–H and O–H groups in total. The van der Waals surface area contributed by atoms with E-state index in [0.29, 0.717) is 15.6 Å². The lowest BCUT2D eigenvalue weighted by Gasteiger charge is -2.02. The van der Waals surface area contributed by atoms with Crippen molar-refractivity contribution in [2.45, 2.75) is 6.42 Å². The molecule has 5 heteroatoms. The zero-order valence-corrected chi connectivity index (χ0v) is 10.3. The van der Waals surface area contributed by atoms with Gasteiger partial charge in [0.05, 0.1) is 12.4 Å². The van der Waals surface area contributed by atoms with Crippen molar-refractivity contribution < 1.29 is 9.18 Å². The van der Waals surface area contributed by atoms with Crippen LogP contribution in [-0.4, -0.2) is 16.0 Å². The second-order valence-electron chi connectivity index (χ2n) is 3.51. The highest BCUT2D eigenvalue weighted by atomic mass is 79.9. The summed E-state index contributed by atoms with van der Waals surface area (Å²) < 4.78 is 13.7. The summed E-state index contributed by atoms with van der Waals surface area (Å²) in [5.74, 6) is -0.479. The summed E-state index contributed by atoms with van der Waals surface area (Å²) in [5.41, 5.74) is 1.10. The first-order chi connectivity index (χ1) is 8.15. The molecule has 0 aliphatic heterocycles. The Balaban J connectivity index is 2.19. The van der Waals surface area contributed by atoms with Gasteiger partial charge in [0.1, 0.15) is 5.82 Å². The van der Waals surface area contributed by atoms with Gasteiger partial charge in [-0.1, -0.05) is 15.9 Å². The molecule has 1 aromatic heterocycles. The third kappa shape index (κ3) is 3.17. The van der Waals surface area contributed by atoms with Gasteiger partial charge in [-0.3, -0.25) is 4.79 Å². The molecule has 0 amide bonds. The number of aromatic nitrogens is 2. The van der Waals surface area contributed by atoms with Gasteiger partial charge in [-0.05, 0) is 29.8 Å². The minimum atomic E-state index is -0.366. The molecule has 0 bridgehead atoms. The van der Waals surface area contributed by atoms with Gasteiger partial charge < -0.3 is 0 Å². The molecule has 1 heterocycles. The SMILES string of the molecule is O=C(Cc1cc(F)cc(Br)c1)c1ccnnc1. The van der Waals surface area contributed by atoms with E-state index in [1.165, 1.54) is 24.5 Å². The zero-order chi connectivity index (χ0) is 12.3. The average molecular weight is 295 g/mol. The Morgan fingerprint density at radius 3 is 2.76 bits per heavy atom. The number of nitrogens with zero attached hydrogens (tertiary/aromatic N) is 2. The summed E-state index contributed by atoms with van der Waals surface area (Å²) in [4.78, 5) is 11.8. The molecule has 86 valence electrons. The van der Waals surface area contributed by atoms with Crippen LogP contribution in [0.5, 0.6) is 0 Å². The topological polar surface area (TPSA) is 42.9 Å². The van der Waals surface area contributed by atoms with E-state index in [1.54, 1.807) is 12.1 Å². The maximum Gasteiger partial charge on any atom is 0.168 e. The fourth-order valence-corrected chi connectivity index (χ4v) is 1.97. The molecule has 2 rings (SSSR count). The van der Waals surface area contributed by atoms with Gasteiger partial charge in [-0.2, -0.15) is 10.2 Å². The Hall–Kier alpha value is -1.62. The van der Waals surface area contributed by atoms with Crippen LogP contribution in [0.4, 0.5) is 4.39 Å². The molecule has 2 aromatic rings. The fraction of sp³-hybridized carbons (Fsp3) is 0.0833. The molecule has 0 saturated heterocycles. The van der Waals surface area contributed by atoms with E-state index in [1.807, 2.05) is 0 Å². The molecular weight excluding hydrogens is 287 g/mol. The number of ketones is 1. The lowest BCUT2D eigenvalue weighted by atomic mass is 10.0. The van der Waals surface area contributed by atoms with Crippen LogP contribution in [0.15, 0.2) is 41.1 Å². The van der Waals surface area contributed by atoms with Crippen molar-refractivity contribution in [2.24, 2.45) is 0 Å². The van der Waals surface area contributed by atoms with Crippen LogP contribution >= 0.6 is 15.9 Å². The van der Waals surface area contributed by atoms with Crippen LogP contribution in [0.25, 0.3) is 0 Å². The van der Waals surface area contributed by atoms with Crippen LogP contribution in [-0.2, 0) is 6.42 Å². The number of halogens is 2. The van der Waals surface area contributed by atoms with Crippen LogP contribution in [0.2, 0.25) is 0 Å². The van der Waals surface area contributed by atoms with Crippen LogP contribution in [0, 0.1) is 5.82 Å². The zero-order valence-electron chi connectivity index (χ0n) is 8.73. The van der Waals surface area contributed by atoms with Crippen molar-refractivity contribution in [3.05, 3.63) is 58.1 Å². The van der Waals surface area contributed by atoms with E-state index >= 15 is 0 Å². The molecule has 0 saturated carbocycles. The maximum atomic E-state index is 13.1. The van der Waals surface area contributed by atoms with E-state index in [-0.39, 0.29) is 18.0 Å². The Labute approximate surface area is 106 Å². The molecule has 0 aliphatic rings. The first-order valence-corrected chi connectivity index (χ1v) is 5.69. The van der Waals surface area contributed by atoms with E-state index in [4.69, 9.17) is 0 Å². The normalized spacial score (nSPS) is 10.2. The van der Waals surface area contributed by atoms with Crippen molar-refractivity contribution in [1.82, 2.24) is 10.2 Å². The minimum absolute atomic E-state index is 0.114. The summed E-state index contributed by atoms with van der Waals surface area (Å²) in [7, 11) is 0. The lowest BCUT2D eigenvalue weighted by molar-refractivity contribution is 0.0992. The largest absolute Gasteiger partial charge is 0.294 e. The fourth-order valence-electron chi connectivity index (χ4n) is 1.46. The molecule has 1 aromatic carbocycles. The third-order valence-electron chi connectivity index (χ3n) is 2.19. The number of carbonyl (C=O) groups is 1. The van der Waals surface area contributed by atoms with Crippen molar-refractivity contribution in [3.8, 4) is 0 Å².